The smallest absolute Gasteiger partial charge is 0.119 e. The second kappa shape index (κ2) is 7.58. The fraction of sp³-hybridized carbons (Fsp3) is 0.538. The summed E-state index contributed by atoms with van der Waals surface area (Å²) in [6.45, 7) is 4.92. The molecule has 0 heterocycles. The number of rotatable bonds is 7. The highest BCUT2D eigenvalue weighted by Gasteiger charge is 2.06. The minimum absolute atomic E-state index is 0.370. The maximum Gasteiger partial charge on any atom is 0.119 e. The van der Waals surface area contributed by atoms with Crippen LogP contribution < -0.4 is 4.74 Å². The molecule has 1 aromatic rings. The lowest BCUT2D eigenvalue weighted by Gasteiger charge is -2.11. The third-order valence-corrected chi connectivity index (χ3v) is 3.18. The van der Waals surface area contributed by atoms with Crippen molar-refractivity contribution >= 4 is 11.8 Å². The Morgan fingerprint density at radius 3 is 2.50 bits per heavy atom. The SMILES string of the molecule is CCCOc1ccc(C(O)CSCC)cc1. The van der Waals surface area contributed by atoms with E-state index in [9.17, 15) is 5.11 Å². The van der Waals surface area contributed by atoms with Crippen molar-refractivity contribution in [1.29, 1.82) is 0 Å². The van der Waals surface area contributed by atoms with Gasteiger partial charge in [0.15, 0.2) is 0 Å². The van der Waals surface area contributed by atoms with Crippen LogP contribution >= 0.6 is 11.8 Å². The van der Waals surface area contributed by atoms with Crippen molar-refractivity contribution in [2.45, 2.75) is 26.4 Å². The molecule has 0 aliphatic rings. The number of aliphatic hydroxyl groups excluding tert-OH is 1. The van der Waals surface area contributed by atoms with Gasteiger partial charge in [0.2, 0.25) is 0 Å². The molecular weight excluding hydrogens is 220 g/mol. The predicted octanol–water partition coefficient (Wildman–Crippen LogP) is 3.26. The van der Waals surface area contributed by atoms with E-state index in [0.717, 1.165) is 35.8 Å². The molecule has 3 heteroatoms. The highest BCUT2D eigenvalue weighted by atomic mass is 32.2. The van der Waals surface area contributed by atoms with Gasteiger partial charge in [-0.05, 0) is 29.9 Å². The van der Waals surface area contributed by atoms with Crippen molar-refractivity contribution in [2.24, 2.45) is 0 Å². The summed E-state index contributed by atoms with van der Waals surface area (Å²) in [6, 6.07) is 7.72. The fourth-order valence-electron chi connectivity index (χ4n) is 1.33. The predicted molar refractivity (Wildman–Crippen MR) is 70.2 cm³/mol. The largest absolute Gasteiger partial charge is 0.494 e. The van der Waals surface area contributed by atoms with E-state index in [2.05, 4.69) is 13.8 Å². The molecule has 0 aromatic heterocycles. The minimum Gasteiger partial charge on any atom is -0.494 e. The number of hydrogen-bond donors (Lipinski definition) is 1. The highest BCUT2D eigenvalue weighted by Crippen LogP contribution is 2.21. The van der Waals surface area contributed by atoms with Gasteiger partial charge in [0, 0.05) is 5.75 Å². The summed E-state index contributed by atoms with van der Waals surface area (Å²) < 4.78 is 5.48. The summed E-state index contributed by atoms with van der Waals surface area (Å²) in [5.74, 6) is 2.67. The van der Waals surface area contributed by atoms with E-state index in [4.69, 9.17) is 4.74 Å². The lowest BCUT2D eigenvalue weighted by molar-refractivity contribution is 0.204. The Kier molecular flexibility index (Phi) is 6.34. The monoisotopic (exact) mass is 240 g/mol. The zero-order valence-electron chi connectivity index (χ0n) is 9.98. The van der Waals surface area contributed by atoms with Gasteiger partial charge in [-0.15, -0.1) is 0 Å². The molecule has 0 aliphatic carbocycles. The molecule has 1 aromatic carbocycles. The summed E-state index contributed by atoms with van der Waals surface area (Å²) in [5.41, 5.74) is 0.963. The van der Waals surface area contributed by atoms with Crippen molar-refractivity contribution in [3.05, 3.63) is 29.8 Å². The van der Waals surface area contributed by atoms with Gasteiger partial charge in [-0.2, -0.15) is 11.8 Å². The molecule has 1 atom stereocenters. The van der Waals surface area contributed by atoms with Crippen LogP contribution in [-0.4, -0.2) is 23.2 Å². The Morgan fingerprint density at radius 2 is 1.94 bits per heavy atom. The summed E-state index contributed by atoms with van der Waals surface area (Å²) in [6.07, 6.45) is 0.641. The second-order valence-corrected chi connectivity index (χ2v) is 4.91. The Labute approximate surface area is 102 Å². The van der Waals surface area contributed by atoms with Crippen molar-refractivity contribution < 1.29 is 9.84 Å². The number of thioether (sulfide) groups is 1. The molecule has 0 spiro atoms. The first kappa shape index (κ1) is 13.4. The van der Waals surface area contributed by atoms with E-state index in [1.807, 2.05) is 24.3 Å². The summed E-state index contributed by atoms with van der Waals surface area (Å²) in [4.78, 5) is 0. The Hall–Kier alpha value is -0.670. The quantitative estimate of drug-likeness (QED) is 0.793. The maximum atomic E-state index is 9.86. The van der Waals surface area contributed by atoms with Gasteiger partial charge in [-0.3, -0.25) is 0 Å². The fourth-order valence-corrected chi connectivity index (χ4v) is 1.98. The first-order chi connectivity index (χ1) is 7.77. The highest BCUT2D eigenvalue weighted by molar-refractivity contribution is 7.99. The topological polar surface area (TPSA) is 29.5 Å². The Balaban J connectivity index is 2.49. The average molecular weight is 240 g/mol. The lowest BCUT2D eigenvalue weighted by atomic mass is 10.1. The molecule has 0 bridgehead atoms. The third-order valence-electron chi connectivity index (χ3n) is 2.22. The first-order valence-corrected chi connectivity index (χ1v) is 6.92. The molecule has 0 saturated heterocycles. The van der Waals surface area contributed by atoms with E-state index in [-0.39, 0.29) is 6.10 Å². The number of benzene rings is 1. The Morgan fingerprint density at radius 1 is 1.25 bits per heavy atom. The number of aliphatic hydroxyl groups is 1. The average Bonchev–Trinajstić information content (AvgIpc) is 2.34. The summed E-state index contributed by atoms with van der Waals surface area (Å²) in [5, 5.41) is 9.86. The van der Waals surface area contributed by atoms with Crippen molar-refractivity contribution in [1.82, 2.24) is 0 Å². The van der Waals surface area contributed by atoms with Crippen LogP contribution in [0.4, 0.5) is 0 Å². The molecule has 2 nitrogen and oxygen atoms in total. The van der Waals surface area contributed by atoms with Crippen LogP contribution in [0.2, 0.25) is 0 Å². The van der Waals surface area contributed by atoms with Gasteiger partial charge in [0.05, 0.1) is 12.7 Å². The normalized spacial score (nSPS) is 12.4. The lowest BCUT2D eigenvalue weighted by Crippen LogP contribution is -2.01. The van der Waals surface area contributed by atoms with Crippen molar-refractivity contribution in [3.63, 3.8) is 0 Å². The Bertz CT molecular complexity index is 284. The van der Waals surface area contributed by atoms with Crippen LogP contribution in [0, 0.1) is 0 Å². The zero-order chi connectivity index (χ0) is 11.8. The minimum atomic E-state index is -0.370. The van der Waals surface area contributed by atoms with Gasteiger partial charge >= 0.3 is 0 Å². The maximum absolute atomic E-state index is 9.86. The molecular formula is C13H20O2S. The number of hydrogen-bond acceptors (Lipinski definition) is 3. The van der Waals surface area contributed by atoms with Crippen molar-refractivity contribution in [2.75, 3.05) is 18.1 Å². The molecule has 1 rings (SSSR count). The van der Waals surface area contributed by atoms with Crippen LogP contribution in [0.25, 0.3) is 0 Å². The summed E-state index contributed by atoms with van der Waals surface area (Å²) >= 11 is 1.75. The first-order valence-electron chi connectivity index (χ1n) is 5.76. The van der Waals surface area contributed by atoms with E-state index < -0.39 is 0 Å². The van der Waals surface area contributed by atoms with E-state index in [1.165, 1.54) is 0 Å². The molecule has 1 unspecified atom stereocenters. The van der Waals surface area contributed by atoms with Crippen LogP contribution in [0.1, 0.15) is 31.9 Å². The van der Waals surface area contributed by atoms with Crippen LogP contribution in [-0.2, 0) is 0 Å². The van der Waals surface area contributed by atoms with Gasteiger partial charge in [-0.25, -0.2) is 0 Å². The zero-order valence-corrected chi connectivity index (χ0v) is 10.8. The summed E-state index contributed by atoms with van der Waals surface area (Å²) in [7, 11) is 0. The second-order valence-electron chi connectivity index (χ2n) is 3.59. The third kappa shape index (κ3) is 4.45. The number of ether oxygens (including phenoxy) is 1. The molecule has 1 N–H and O–H groups in total. The van der Waals surface area contributed by atoms with Crippen molar-refractivity contribution in [3.8, 4) is 5.75 Å². The van der Waals surface area contributed by atoms with Gasteiger partial charge < -0.3 is 9.84 Å². The van der Waals surface area contributed by atoms with Gasteiger partial charge in [0.25, 0.3) is 0 Å². The van der Waals surface area contributed by atoms with Crippen LogP contribution in [0.15, 0.2) is 24.3 Å². The molecule has 16 heavy (non-hydrogen) atoms. The molecule has 0 amide bonds. The van der Waals surface area contributed by atoms with E-state index in [1.54, 1.807) is 11.8 Å². The molecule has 0 radical (unpaired) electrons. The molecule has 90 valence electrons. The van der Waals surface area contributed by atoms with E-state index in [0.29, 0.717) is 0 Å². The molecule has 0 aliphatic heterocycles. The van der Waals surface area contributed by atoms with E-state index >= 15 is 0 Å². The molecule has 0 saturated carbocycles. The van der Waals surface area contributed by atoms with Crippen LogP contribution in [0.3, 0.4) is 0 Å². The van der Waals surface area contributed by atoms with Gasteiger partial charge in [-0.1, -0.05) is 26.0 Å². The molecule has 0 fully saturated rings. The standard InChI is InChI=1S/C13H20O2S/c1-3-9-15-12-7-5-11(6-8-12)13(14)10-16-4-2/h5-8,13-14H,3-4,9-10H2,1-2H3. The van der Waals surface area contributed by atoms with Crippen LogP contribution in [0.5, 0.6) is 5.75 Å². The van der Waals surface area contributed by atoms with Gasteiger partial charge in [0.1, 0.15) is 5.75 Å².